The van der Waals surface area contributed by atoms with E-state index in [4.69, 9.17) is 5.73 Å². The van der Waals surface area contributed by atoms with Crippen molar-refractivity contribution in [3.63, 3.8) is 0 Å². The molecular formula is C27H26F8N2O6S2. The maximum atomic E-state index is 14.7. The molecule has 18 heteroatoms. The molecule has 2 amide bonds. The third-order valence-corrected chi connectivity index (χ3v) is 12.4. The van der Waals surface area contributed by atoms with Crippen molar-refractivity contribution in [3.8, 4) is 0 Å². The quantitative estimate of drug-likeness (QED) is 0.278. The Morgan fingerprint density at radius 1 is 0.867 bits per heavy atom. The monoisotopic (exact) mass is 690 g/mol. The maximum absolute atomic E-state index is 14.7. The predicted molar refractivity (Wildman–Crippen MR) is 142 cm³/mol. The number of alkyl halides is 7. The van der Waals surface area contributed by atoms with E-state index in [1.54, 1.807) is 0 Å². The summed E-state index contributed by atoms with van der Waals surface area (Å²) >= 11 is 0. The molecule has 4 rings (SSSR count). The molecule has 2 unspecified atom stereocenters. The summed E-state index contributed by atoms with van der Waals surface area (Å²) in [7, 11) is -7.97. The SMILES string of the molecule is NC(=O)C1(C(=O)N2CCC(S(=O)(=O)c3ccc(F)cc3)C(c3ccc(C(F)(C(F)(F)F)C(F)(F)F)cc3)C2)CCS(=O)(=O)CC1. The molecule has 0 aromatic heterocycles. The molecule has 2 aliphatic heterocycles. The first-order valence-electron chi connectivity index (χ1n) is 13.3. The number of carbonyl (C=O) groups excluding carboxylic acids is 2. The van der Waals surface area contributed by atoms with E-state index in [1.807, 2.05) is 0 Å². The Labute approximate surface area is 252 Å². The lowest BCUT2D eigenvalue weighted by Gasteiger charge is -2.43. The third kappa shape index (κ3) is 6.14. The largest absolute Gasteiger partial charge is 0.435 e. The fourth-order valence-corrected chi connectivity index (χ4v) is 9.29. The van der Waals surface area contributed by atoms with E-state index in [2.05, 4.69) is 0 Å². The van der Waals surface area contributed by atoms with Crippen LogP contribution >= 0.6 is 0 Å². The number of rotatable bonds is 6. The van der Waals surface area contributed by atoms with Gasteiger partial charge in [0.2, 0.25) is 11.8 Å². The second-order valence-electron chi connectivity index (χ2n) is 11.1. The summed E-state index contributed by atoms with van der Waals surface area (Å²) < 4.78 is 159. The van der Waals surface area contributed by atoms with Crippen LogP contribution in [0, 0.1) is 11.2 Å². The Bertz CT molecular complexity index is 1650. The number of carbonyl (C=O) groups is 2. The molecule has 0 radical (unpaired) electrons. The lowest BCUT2D eigenvalue weighted by molar-refractivity contribution is -0.348. The molecule has 2 N–H and O–H groups in total. The fraction of sp³-hybridized carbons (Fsp3) is 0.481. The third-order valence-electron chi connectivity index (χ3n) is 8.46. The molecule has 0 aliphatic carbocycles. The van der Waals surface area contributed by atoms with E-state index in [0.717, 1.165) is 29.2 Å². The van der Waals surface area contributed by atoms with Gasteiger partial charge in [-0.05, 0) is 49.1 Å². The molecule has 2 heterocycles. The zero-order valence-electron chi connectivity index (χ0n) is 23.0. The topological polar surface area (TPSA) is 132 Å². The van der Waals surface area contributed by atoms with Crippen molar-refractivity contribution in [2.24, 2.45) is 11.1 Å². The molecule has 2 atom stereocenters. The zero-order valence-corrected chi connectivity index (χ0v) is 24.7. The van der Waals surface area contributed by atoms with Gasteiger partial charge in [0.05, 0.1) is 21.7 Å². The number of amides is 2. The highest BCUT2D eigenvalue weighted by Gasteiger charge is 2.73. The lowest BCUT2D eigenvalue weighted by atomic mass is 9.78. The number of nitrogens with zero attached hydrogens (tertiary/aromatic N) is 1. The van der Waals surface area contributed by atoms with Gasteiger partial charge in [0.15, 0.2) is 9.84 Å². The number of hydrogen-bond donors (Lipinski definition) is 1. The van der Waals surface area contributed by atoms with Crippen molar-refractivity contribution in [1.29, 1.82) is 0 Å². The molecule has 2 fully saturated rings. The average Bonchev–Trinajstić information content (AvgIpc) is 2.95. The van der Waals surface area contributed by atoms with E-state index in [-0.39, 0.29) is 35.6 Å². The van der Waals surface area contributed by atoms with Crippen LogP contribution in [0.3, 0.4) is 0 Å². The van der Waals surface area contributed by atoms with Crippen LogP contribution in [0.25, 0.3) is 0 Å². The molecule has 45 heavy (non-hydrogen) atoms. The summed E-state index contributed by atoms with van der Waals surface area (Å²) in [5.74, 6) is -5.23. The minimum atomic E-state index is -6.40. The summed E-state index contributed by atoms with van der Waals surface area (Å²) in [6.45, 7) is -0.847. The van der Waals surface area contributed by atoms with E-state index in [1.165, 1.54) is 0 Å². The molecule has 2 saturated heterocycles. The van der Waals surface area contributed by atoms with Crippen LogP contribution in [-0.2, 0) is 34.9 Å². The van der Waals surface area contributed by atoms with Crippen molar-refractivity contribution in [1.82, 2.24) is 4.90 Å². The molecule has 0 bridgehead atoms. The summed E-state index contributed by atoms with van der Waals surface area (Å²) in [6.07, 6.45) is -14.1. The Hall–Kier alpha value is -3.28. The normalized spacial score (nSPS) is 22.5. The number of piperidine rings is 1. The van der Waals surface area contributed by atoms with Crippen LogP contribution in [0.4, 0.5) is 35.1 Å². The van der Waals surface area contributed by atoms with E-state index >= 15 is 0 Å². The van der Waals surface area contributed by atoms with Crippen LogP contribution < -0.4 is 5.73 Å². The lowest BCUT2D eigenvalue weighted by Crippen LogP contribution is -2.58. The number of sulfone groups is 2. The van der Waals surface area contributed by atoms with Gasteiger partial charge in [-0.2, -0.15) is 26.3 Å². The van der Waals surface area contributed by atoms with Gasteiger partial charge in [-0.3, -0.25) is 9.59 Å². The van der Waals surface area contributed by atoms with Crippen LogP contribution in [0.1, 0.15) is 36.3 Å². The van der Waals surface area contributed by atoms with Gasteiger partial charge < -0.3 is 10.6 Å². The number of hydrogen-bond acceptors (Lipinski definition) is 6. The Kier molecular flexibility index (Phi) is 8.84. The number of likely N-dealkylation sites (tertiary alicyclic amines) is 1. The molecule has 0 saturated carbocycles. The van der Waals surface area contributed by atoms with Gasteiger partial charge in [-0.1, -0.05) is 24.3 Å². The van der Waals surface area contributed by atoms with Gasteiger partial charge in [-0.15, -0.1) is 0 Å². The minimum Gasteiger partial charge on any atom is -0.369 e. The highest BCUT2D eigenvalue weighted by atomic mass is 32.2. The van der Waals surface area contributed by atoms with Crippen molar-refractivity contribution in [2.45, 2.75) is 53.3 Å². The number of primary amides is 1. The van der Waals surface area contributed by atoms with Crippen LogP contribution in [0.5, 0.6) is 0 Å². The summed E-state index contributed by atoms with van der Waals surface area (Å²) in [4.78, 5) is 26.9. The molecular weight excluding hydrogens is 664 g/mol. The number of nitrogens with two attached hydrogens (primary N) is 1. The second-order valence-corrected chi connectivity index (χ2v) is 15.5. The van der Waals surface area contributed by atoms with Crippen LogP contribution in [0.15, 0.2) is 53.4 Å². The van der Waals surface area contributed by atoms with Gasteiger partial charge in [0, 0.05) is 24.6 Å². The molecule has 2 aromatic rings. The molecule has 8 nitrogen and oxygen atoms in total. The van der Waals surface area contributed by atoms with Crippen molar-refractivity contribution >= 4 is 31.5 Å². The van der Waals surface area contributed by atoms with Gasteiger partial charge >= 0.3 is 18.0 Å². The predicted octanol–water partition coefficient (Wildman–Crippen LogP) is 3.95. The standard InChI is InChI=1S/C27H26F8N2O6S2/c28-18-5-7-19(8-6-18)45(42,43)21-9-12-37(23(39)24(22(36)38)10-13-44(40,41)14-11-24)15-20(21)16-1-3-17(4-2-16)25(29,26(30,31)32)27(33,34)35/h1-8,20-21H,9-15H2,(H2,36,38). The Morgan fingerprint density at radius 3 is 1.84 bits per heavy atom. The summed E-state index contributed by atoms with van der Waals surface area (Å²) in [5, 5.41) is -1.46. The van der Waals surface area contributed by atoms with E-state index in [0.29, 0.717) is 12.1 Å². The summed E-state index contributed by atoms with van der Waals surface area (Å²) in [6, 6.07) is 5.43. The highest BCUT2D eigenvalue weighted by Crippen LogP contribution is 2.53. The Morgan fingerprint density at radius 2 is 1.38 bits per heavy atom. The second kappa shape index (κ2) is 11.5. The van der Waals surface area contributed by atoms with E-state index in [9.17, 15) is 61.5 Å². The van der Waals surface area contributed by atoms with Crippen molar-refractivity contribution in [3.05, 3.63) is 65.5 Å². The molecule has 2 aliphatic rings. The first-order chi connectivity index (χ1) is 20.6. The van der Waals surface area contributed by atoms with Crippen molar-refractivity contribution < 1.29 is 61.5 Å². The molecule has 0 spiro atoms. The minimum absolute atomic E-state index is 0.182. The highest BCUT2D eigenvalue weighted by molar-refractivity contribution is 7.92. The van der Waals surface area contributed by atoms with Crippen LogP contribution in [-0.4, -0.2) is 75.7 Å². The first-order valence-corrected chi connectivity index (χ1v) is 16.7. The number of benzene rings is 2. The average molecular weight is 691 g/mol. The maximum Gasteiger partial charge on any atom is 0.435 e. The first kappa shape index (κ1) is 34.6. The Balaban J connectivity index is 1.77. The smallest absolute Gasteiger partial charge is 0.369 e. The van der Waals surface area contributed by atoms with E-state index < -0.39 is 108 Å². The summed E-state index contributed by atoms with van der Waals surface area (Å²) in [5.41, 5.74) is -4.18. The van der Waals surface area contributed by atoms with Gasteiger partial charge in [0.25, 0.3) is 0 Å². The van der Waals surface area contributed by atoms with Crippen LogP contribution in [0.2, 0.25) is 0 Å². The fourth-order valence-electron chi connectivity index (χ4n) is 5.81. The zero-order chi connectivity index (χ0) is 33.8. The number of halogens is 8. The molecule has 2 aromatic carbocycles. The van der Waals surface area contributed by atoms with Gasteiger partial charge in [-0.25, -0.2) is 25.6 Å². The molecule has 248 valence electrons. The van der Waals surface area contributed by atoms with Crippen molar-refractivity contribution in [2.75, 3.05) is 24.6 Å². The van der Waals surface area contributed by atoms with Gasteiger partial charge in [0.1, 0.15) is 21.1 Å².